The van der Waals surface area contributed by atoms with Crippen LogP contribution in [0.2, 0.25) is 0 Å². The van der Waals surface area contributed by atoms with Gasteiger partial charge in [0.1, 0.15) is 11.5 Å². The first-order chi connectivity index (χ1) is 19.2. The van der Waals surface area contributed by atoms with Crippen molar-refractivity contribution in [2.75, 3.05) is 0 Å². The molecule has 0 amide bonds. The van der Waals surface area contributed by atoms with Crippen LogP contribution in [-0.4, -0.2) is 19.4 Å². The van der Waals surface area contributed by atoms with Crippen LogP contribution in [0.15, 0.2) is 91.9 Å². The van der Waals surface area contributed by atoms with Gasteiger partial charge in [0.25, 0.3) is 0 Å². The van der Waals surface area contributed by atoms with Crippen molar-refractivity contribution in [1.82, 2.24) is 24.5 Å². The first-order valence-electron chi connectivity index (χ1n) is 11.3. The van der Waals surface area contributed by atoms with Gasteiger partial charge in [0.15, 0.2) is 31.1 Å². The SMILES string of the molecule is C[n+]1cccn1-c1[c-]cc(F)cc1F.Fc1c[c-]c(-[n+]2ccc[n-]2)c(F)c1.Fc1cnc(-n2cccn2)c(F)c1.[Ir+3]. The summed E-state index contributed by atoms with van der Waals surface area (Å²) in [7, 11) is 1.76. The number of rotatable bonds is 3. The third kappa shape index (κ3) is 7.99. The van der Waals surface area contributed by atoms with Crippen molar-refractivity contribution >= 4 is 0 Å². The van der Waals surface area contributed by atoms with Gasteiger partial charge >= 0.3 is 20.1 Å². The Morgan fingerprint density at radius 1 is 0.805 bits per heavy atom. The molecule has 0 saturated carbocycles. The first kappa shape index (κ1) is 31.0. The standard InChI is InChI=1S/C10H8F2N2.C9H5F2N2.C8H5F2N3.Ir/c1-13-5-2-6-14(13)10-4-3-8(11)7-9(10)12;10-7-2-3-9(8(11)6-7)13-5-1-4-12-13;9-6-4-7(10)8(11-5-6)13-3-1-2-12-13;/h2-3,5-7H,1H3;1-2,4-6H;1-5H;/q;-1;;+3. The second-order valence-electron chi connectivity index (χ2n) is 7.80. The number of hydrogen-bond acceptors (Lipinski definition) is 2. The van der Waals surface area contributed by atoms with E-state index in [4.69, 9.17) is 0 Å². The van der Waals surface area contributed by atoms with E-state index in [1.54, 1.807) is 48.5 Å². The molecule has 0 fully saturated rings. The van der Waals surface area contributed by atoms with Crippen LogP contribution in [-0.2, 0) is 27.2 Å². The van der Waals surface area contributed by atoms with Gasteiger partial charge < -0.3 is 5.10 Å². The van der Waals surface area contributed by atoms with E-state index in [2.05, 4.69) is 27.3 Å². The zero-order chi connectivity index (χ0) is 28.6. The summed E-state index contributed by atoms with van der Waals surface area (Å²) in [6.45, 7) is 0. The molecule has 0 bridgehead atoms. The van der Waals surface area contributed by atoms with Crippen LogP contribution in [0.5, 0.6) is 0 Å². The van der Waals surface area contributed by atoms with Crippen molar-refractivity contribution in [2.24, 2.45) is 7.05 Å². The maximum atomic E-state index is 13.3. The van der Waals surface area contributed by atoms with Crippen molar-refractivity contribution in [1.29, 1.82) is 0 Å². The molecule has 0 aliphatic rings. The molecule has 2 aromatic carbocycles. The molecule has 4 aromatic heterocycles. The Morgan fingerprint density at radius 2 is 1.51 bits per heavy atom. The fraction of sp³-hybridized carbons (Fsp3) is 0.0370. The van der Waals surface area contributed by atoms with Gasteiger partial charge in [0.05, 0.1) is 18.2 Å². The van der Waals surface area contributed by atoms with Gasteiger partial charge in [-0.25, -0.2) is 18.4 Å². The average molecular weight is 747 g/mol. The molecule has 0 unspecified atom stereocenters. The summed E-state index contributed by atoms with van der Waals surface area (Å²) in [4.78, 5) is 3.57. The molecule has 0 aliphatic carbocycles. The van der Waals surface area contributed by atoms with Gasteiger partial charge in [-0.3, -0.25) is 22.2 Å². The molecular weight excluding hydrogens is 729 g/mol. The number of nitrogens with zero attached hydrogens (tertiary/aromatic N) is 7. The van der Waals surface area contributed by atoms with E-state index >= 15 is 0 Å². The average Bonchev–Trinajstić information content (AvgIpc) is 3.69. The van der Waals surface area contributed by atoms with Gasteiger partial charge in [0.2, 0.25) is 0 Å². The Labute approximate surface area is 243 Å². The van der Waals surface area contributed by atoms with Gasteiger partial charge in [-0.1, -0.05) is 6.07 Å². The molecule has 7 nitrogen and oxygen atoms in total. The molecule has 6 aromatic rings. The topological polar surface area (TPSA) is 57.5 Å². The number of aromatic nitrogens is 7. The van der Waals surface area contributed by atoms with Gasteiger partial charge in [0, 0.05) is 47.7 Å². The summed E-state index contributed by atoms with van der Waals surface area (Å²) in [6.07, 6.45) is 10.5. The number of hydrogen-bond donors (Lipinski definition) is 0. The van der Waals surface area contributed by atoms with Gasteiger partial charge in [-0.15, -0.1) is 41.2 Å². The summed E-state index contributed by atoms with van der Waals surface area (Å²) >= 11 is 0. The smallest absolute Gasteiger partial charge is 0.414 e. The van der Waals surface area contributed by atoms with Crippen LogP contribution < -0.4 is 14.5 Å². The second-order valence-corrected chi connectivity index (χ2v) is 7.80. The molecule has 0 atom stereocenters. The monoisotopic (exact) mass is 747 g/mol. The van der Waals surface area contributed by atoms with Crippen LogP contribution in [0.3, 0.4) is 0 Å². The summed E-state index contributed by atoms with van der Waals surface area (Å²) in [5, 5.41) is 7.57. The van der Waals surface area contributed by atoms with Gasteiger partial charge in [-0.05, 0) is 12.1 Å². The summed E-state index contributed by atoms with van der Waals surface area (Å²) in [6, 6.07) is 14.6. The van der Waals surface area contributed by atoms with E-state index in [1.807, 2.05) is 0 Å². The van der Waals surface area contributed by atoms with Crippen molar-refractivity contribution in [3.05, 3.63) is 139 Å². The zero-order valence-corrected chi connectivity index (χ0v) is 23.3. The van der Waals surface area contributed by atoms with Crippen LogP contribution in [0.1, 0.15) is 0 Å². The van der Waals surface area contributed by atoms with E-state index in [1.165, 1.54) is 32.6 Å². The molecular formula is C27H18F6IrN7+2. The predicted octanol–water partition coefficient (Wildman–Crippen LogP) is 3.92. The first-order valence-corrected chi connectivity index (χ1v) is 11.3. The van der Waals surface area contributed by atoms with Crippen molar-refractivity contribution in [3.63, 3.8) is 0 Å². The normalized spacial score (nSPS) is 10.1. The third-order valence-electron chi connectivity index (χ3n) is 5.02. The Hall–Kier alpha value is -4.55. The molecule has 0 saturated heterocycles. The van der Waals surface area contributed by atoms with Crippen LogP contribution >= 0.6 is 0 Å². The number of pyridine rings is 1. The maximum absolute atomic E-state index is 13.3. The van der Waals surface area contributed by atoms with Crippen LogP contribution in [0.4, 0.5) is 26.3 Å². The van der Waals surface area contributed by atoms with E-state index in [0.717, 1.165) is 36.5 Å². The summed E-state index contributed by atoms with van der Waals surface area (Å²) in [5.74, 6) is -4.02. The minimum absolute atomic E-state index is 0. The van der Waals surface area contributed by atoms with E-state index in [0.29, 0.717) is 0 Å². The number of benzene rings is 2. The Balaban J connectivity index is 0.000000167. The van der Waals surface area contributed by atoms with E-state index in [9.17, 15) is 26.3 Å². The van der Waals surface area contributed by atoms with E-state index < -0.39 is 34.9 Å². The quantitative estimate of drug-likeness (QED) is 0.157. The molecule has 0 aliphatic heterocycles. The van der Waals surface area contributed by atoms with Crippen molar-refractivity contribution in [3.8, 4) is 17.2 Å². The largest absolute Gasteiger partial charge is 3.00 e. The Morgan fingerprint density at radius 3 is 2.07 bits per heavy atom. The van der Waals surface area contributed by atoms with Crippen molar-refractivity contribution < 1.29 is 55.8 Å². The third-order valence-corrected chi connectivity index (χ3v) is 5.02. The molecule has 6 rings (SSSR count). The fourth-order valence-electron chi connectivity index (χ4n) is 3.25. The second kappa shape index (κ2) is 14.2. The predicted molar refractivity (Wildman–Crippen MR) is 127 cm³/mol. The van der Waals surface area contributed by atoms with Crippen LogP contribution in [0.25, 0.3) is 17.2 Å². The molecule has 0 N–H and O–H groups in total. The minimum atomic E-state index is -0.733. The Kier molecular flexibility index (Phi) is 10.7. The van der Waals surface area contributed by atoms with E-state index in [-0.39, 0.29) is 37.3 Å². The minimum Gasteiger partial charge on any atom is -0.414 e. The summed E-state index contributed by atoms with van der Waals surface area (Å²) in [5.41, 5.74) is 0.324. The zero-order valence-electron chi connectivity index (χ0n) is 20.9. The number of aryl methyl sites for hydroxylation is 1. The fourth-order valence-corrected chi connectivity index (χ4v) is 3.25. The Bertz CT molecular complexity index is 1610. The molecule has 210 valence electrons. The molecule has 0 spiro atoms. The number of halogens is 6. The van der Waals surface area contributed by atoms with Crippen molar-refractivity contribution in [2.45, 2.75) is 0 Å². The molecule has 14 heteroatoms. The molecule has 4 heterocycles. The van der Waals surface area contributed by atoms with Gasteiger partial charge in [-0.2, -0.15) is 9.78 Å². The van der Waals surface area contributed by atoms with Crippen LogP contribution in [0, 0.1) is 47.0 Å². The summed E-state index contributed by atoms with van der Waals surface area (Å²) < 4.78 is 82.7. The molecule has 41 heavy (non-hydrogen) atoms. The maximum Gasteiger partial charge on any atom is 3.00 e. The molecule has 0 radical (unpaired) electrons.